The van der Waals surface area contributed by atoms with Crippen LogP contribution in [0.1, 0.15) is 16.1 Å². The highest BCUT2D eigenvalue weighted by Gasteiger charge is 2.13. The van der Waals surface area contributed by atoms with Gasteiger partial charge in [0.25, 0.3) is 0 Å². The largest absolute Gasteiger partial charge is 0.497 e. The number of fused-ring (bicyclic) bond motifs is 1. The molecule has 0 spiro atoms. The van der Waals surface area contributed by atoms with Gasteiger partial charge in [-0.1, -0.05) is 36.4 Å². The quantitative estimate of drug-likeness (QED) is 0.243. The molecule has 0 atom stereocenters. The Kier molecular flexibility index (Phi) is 5.14. The third-order valence-corrected chi connectivity index (χ3v) is 5.21. The van der Waals surface area contributed by atoms with Crippen LogP contribution in [-0.4, -0.2) is 22.7 Å². The second-order valence-electron chi connectivity index (χ2n) is 7.29. The van der Waals surface area contributed by atoms with Gasteiger partial charge in [-0.15, -0.1) is 0 Å². The van der Waals surface area contributed by atoms with E-state index < -0.39 is 0 Å². The number of benzene rings is 3. The first-order valence-corrected chi connectivity index (χ1v) is 10.2. The van der Waals surface area contributed by atoms with E-state index in [0.29, 0.717) is 11.3 Å². The van der Waals surface area contributed by atoms with Gasteiger partial charge in [-0.25, -0.2) is 4.68 Å². The van der Waals surface area contributed by atoms with Crippen molar-refractivity contribution in [2.75, 3.05) is 7.11 Å². The maximum atomic E-state index is 12.8. The second kappa shape index (κ2) is 8.40. The van der Waals surface area contributed by atoms with Crippen LogP contribution in [0.4, 0.5) is 0 Å². The van der Waals surface area contributed by atoms with Crippen molar-refractivity contribution < 1.29 is 13.9 Å². The Morgan fingerprint density at radius 3 is 2.47 bits per heavy atom. The van der Waals surface area contributed by atoms with Crippen molar-refractivity contribution >= 4 is 22.8 Å². The molecule has 0 aliphatic heterocycles. The van der Waals surface area contributed by atoms with Gasteiger partial charge in [-0.05, 0) is 60.7 Å². The molecule has 0 N–H and O–H groups in total. The Balaban J connectivity index is 1.52. The highest BCUT2D eigenvalue weighted by molar-refractivity contribution is 6.07. The molecular weight excluding hydrogens is 400 g/mol. The van der Waals surface area contributed by atoms with Crippen LogP contribution in [0.25, 0.3) is 34.0 Å². The van der Waals surface area contributed by atoms with Gasteiger partial charge in [0, 0.05) is 22.7 Å². The molecule has 0 aliphatic carbocycles. The first-order chi connectivity index (χ1) is 15.7. The van der Waals surface area contributed by atoms with Crippen molar-refractivity contribution in [3.8, 4) is 22.7 Å². The summed E-state index contributed by atoms with van der Waals surface area (Å²) in [6, 6.07) is 26.9. The molecule has 0 aliphatic rings. The van der Waals surface area contributed by atoms with Gasteiger partial charge in [0.15, 0.2) is 5.76 Å². The molecule has 32 heavy (non-hydrogen) atoms. The van der Waals surface area contributed by atoms with Gasteiger partial charge in [0.2, 0.25) is 5.78 Å². The maximum absolute atomic E-state index is 12.8. The van der Waals surface area contributed by atoms with Gasteiger partial charge in [-0.3, -0.25) is 4.79 Å². The lowest BCUT2D eigenvalue weighted by Crippen LogP contribution is -1.94. The van der Waals surface area contributed by atoms with E-state index in [1.807, 2.05) is 89.7 Å². The minimum absolute atomic E-state index is 0.200. The van der Waals surface area contributed by atoms with Gasteiger partial charge in [0.1, 0.15) is 11.3 Å². The number of allylic oxidation sites excluding steroid dienone is 1. The first kappa shape index (κ1) is 19.6. The second-order valence-corrected chi connectivity index (χ2v) is 7.29. The number of ether oxygens (including phenoxy) is 1. The number of rotatable bonds is 6. The van der Waals surface area contributed by atoms with Crippen LogP contribution >= 0.6 is 0 Å². The molecule has 2 aromatic heterocycles. The molecule has 0 saturated carbocycles. The predicted octanol–water partition coefficient (Wildman–Crippen LogP) is 6.19. The summed E-state index contributed by atoms with van der Waals surface area (Å²) < 4.78 is 12.8. The molecule has 0 saturated heterocycles. The number of carbonyl (C=O) groups is 1. The summed E-state index contributed by atoms with van der Waals surface area (Å²) in [4.78, 5) is 12.8. The number of aromatic nitrogens is 2. The molecule has 5 heteroatoms. The highest BCUT2D eigenvalue weighted by atomic mass is 16.5. The lowest BCUT2D eigenvalue weighted by atomic mass is 10.1. The molecule has 0 unspecified atom stereocenters. The molecule has 5 aromatic rings. The molecule has 5 nitrogen and oxygen atoms in total. The Bertz CT molecular complexity index is 1380. The molecule has 0 amide bonds. The monoisotopic (exact) mass is 420 g/mol. The summed E-state index contributed by atoms with van der Waals surface area (Å²) in [5.74, 6) is 0.881. The van der Waals surface area contributed by atoms with Gasteiger partial charge >= 0.3 is 0 Å². The number of furan rings is 1. The highest BCUT2D eigenvalue weighted by Crippen LogP contribution is 2.27. The minimum Gasteiger partial charge on any atom is -0.497 e. The van der Waals surface area contributed by atoms with Crippen molar-refractivity contribution in [3.05, 3.63) is 109 Å². The third-order valence-electron chi connectivity index (χ3n) is 5.21. The maximum Gasteiger partial charge on any atom is 0.221 e. The van der Waals surface area contributed by atoms with Crippen molar-refractivity contribution in [1.82, 2.24) is 9.78 Å². The third kappa shape index (κ3) is 3.84. The summed E-state index contributed by atoms with van der Waals surface area (Å²) in [5.41, 5.74) is 4.15. The zero-order chi connectivity index (χ0) is 21.9. The number of para-hydroxylation sites is 2. The molecule has 0 bridgehead atoms. The first-order valence-electron chi connectivity index (χ1n) is 10.2. The van der Waals surface area contributed by atoms with Crippen LogP contribution in [-0.2, 0) is 0 Å². The number of hydrogen-bond donors (Lipinski definition) is 0. The minimum atomic E-state index is -0.200. The Morgan fingerprint density at radius 1 is 0.969 bits per heavy atom. The van der Waals surface area contributed by atoms with Gasteiger partial charge in [-0.2, -0.15) is 5.10 Å². The van der Waals surface area contributed by atoms with E-state index >= 15 is 0 Å². The Hall–Kier alpha value is -4.38. The SMILES string of the molecule is COc1ccc(-c2nn(-c3ccccc3)cc2C=CC(=O)c2cc3ccccc3o2)cc1. The number of ketones is 1. The van der Waals surface area contributed by atoms with Crippen molar-refractivity contribution in [1.29, 1.82) is 0 Å². The van der Waals surface area contributed by atoms with E-state index in [9.17, 15) is 4.79 Å². The van der Waals surface area contributed by atoms with Crippen LogP contribution in [0, 0.1) is 0 Å². The van der Waals surface area contributed by atoms with Crippen molar-refractivity contribution in [2.24, 2.45) is 0 Å². The number of methoxy groups -OCH3 is 1. The fourth-order valence-corrected chi connectivity index (χ4v) is 3.55. The average molecular weight is 420 g/mol. The summed E-state index contributed by atoms with van der Waals surface area (Å²) in [6.07, 6.45) is 5.22. The molecule has 5 rings (SSSR count). The Morgan fingerprint density at radius 2 is 1.72 bits per heavy atom. The lowest BCUT2D eigenvalue weighted by Gasteiger charge is -2.02. The normalized spacial score (nSPS) is 11.3. The molecular formula is C27H20N2O3. The summed E-state index contributed by atoms with van der Waals surface area (Å²) in [7, 11) is 1.64. The predicted molar refractivity (Wildman–Crippen MR) is 125 cm³/mol. The summed E-state index contributed by atoms with van der Waals surface area (Å²) in [6.45, 7) is 0. The van der Waals surface area contributed by atoms with E-state index in [1.165, 1.54) is 6.08 Å². The molecule has 0 fully saturated rings. The van der Waals surface area contributed by atoms with E-state index in [1.54, 1.807) is 19.3 Å². The van der Waals surface area contributed by atoms with E-state index in [2.05, 4.69) is 0 Å². The molecule has 156 valence electrons. The average Bonchev–Trinajstić information content (AvgIpc) is 3.48. The van der Waals surface area contributed by atoms with Crippen LogP contribution < -0.4 is 4.74 Å². The number of carbonyl (C=O) groups excluding carboxylic acids is 1. The smallest absolute Gasteiger partial charge is 0.221 e. The topological polar surface area (TPSA) is 57.3 Å². The molecule has 0 radical (unpaired) electrons. The van der Waals surface area contributed by atoms with Crippen molar-refractivity contribution in [3.63, 3.8) is 0 Å². The van der Waals surface area contributed by atoms with Crippen LogP contribution in [0.3, 0.4) is 0 Å². The zero-order valence-electron chi connectivity index (χ0n) is 17.4. The van der Waals surface area contributed by atoms with E-state index in [-0.39, 0.29) is 5.78 Å². The fourth-order valence-electron chi connectivity index (χ4n) is 3.55. The lowest BCUT2D eigenvalue weighted by molar-refractivity contribution is 0.102. The Labute approximate surface area is 185 Å². The number of hydrogen-bond acceptors (Lipinski definition) is 4. The van der Waals surface area contributed by atoms with Crippen LogP contribution in [0.5, 0.6) is 5.75 Å². The van der Waals surface area contributed by atoms with Crippen LogP contribution in [0.2, 0.25) is 0 Å². The van der Waals surface area contributed by atoms with Gasteiger partial charge < -0.3 is 9.15 Å². The molecule has 2 heterocycles. The summed E-state index contributed by atoms with van der Waals surface area (Å²) in [5, 5.41) is 5.68. The zero-order valence-corrected chi connectivity index (χ0v) is 17.4. The number of nitrogens with zero attached hydrogens (tertiary/aromatic N) is 2. The fraction of sp³-hybridized carbons (Fsp3) is 0.0370. The van der Waals surface area contributed by atoms with Crippen molar-refractivity contribution in [2.45, 2.75) is 0 Å². The van der Waals surface area contributed by atoms with E-state index in [4.69, 9.17) is 14.3 Å². The molecule has 3 aromatic carbocycles. The van der Waals surface area contributed by atoms with Gasteiger partial charge in [0.05, 0.1) is 18.5 Å². The summed E-state index contributed by atoms with van der Waals surface area (Å²) >= 11 is 0. The van der Waals surface area contributed by atoms with E-state index in [0.717, 1.165) is 33.6 Å². The standard InChI is InChI=1S/C27H20N2O3/c1-31-23-14-11-19(12-15-23)27-21(18-29(28-27)22-8-3-2-4-9-22)13-16-24(30)26-17-20-7-5-6-10-25(20)32-26/h2-18H,1H3. The van der Waals surface area contributed by atoms with Crippen LogP contribution in [0.15, 0.2) is 102 Å².